The van der Waals surface area contributed by atoms with Gasteiger partial charge in [-0.1, -0.05) is 6.92 Å². The van der Waals surface area contributed by atoms with Crippen molar-refractivity contribution in [3.05, 3.63) is 52.8 Å². The number of aliphatic carboxylic acids is 1. The molecular weight excluding hydrogens is 493 g/mol. The van der Waals surface area contributed by atoms with E-state index in [0.29, 0.717) is 35.4 Å². The zero-order chi connectivity index (χ0) is 25.9. The summed E-state index contributed by atoms with van der Waals surface area (Å²) in [6, 6.07) is 7.78. The number of fused-ring (bicyclic) bond motifs is 1. The third kappa shape index (κ3) is 6.12. The molecule has 0 amide bonds. The van der Waals surface area contributed by atoms with Crippen molar-refractivity contribution in [3.8, 4) is 11.5 Å². The summed E-state index contributed by atoms with van der Waals surface area (Å²) in [5.74, 6) is -0.439. The first-order valence-electron chi connectivity index (χ1n) is 11.2. The van der Waals surface area contributed by atoms with Crippen LogP contribution in [-0.4, -0.2) is 49.6 Å². The second-order valence-electron chi connectivity index (χ2n) is 8.52. The average molecular weight is 524 g/mol. The first kappa shape index (κ1) is 26.9. The van der Waals surface area contributed by atoms with Gasteiger partial charge in [0.15, 0.2) is 6.61 Å². The van der Waals surface area contributed by atoms with Crippen LogP contribution in [0, 0.1) is 26.6 Å². The van der Waals surface area contributed by atoms with Crippen LogP contribution >= 0.6 is 11.3 Å². The van der Waals surface area contributed by atoms with Crippen LogP contribution in [0.4, 0.5) is 4.39 Å². The summed E-state index contributed by atoms with van der Waals surface area (Å²) in [7, 11) is -3.82. The van der Waals surface area contributed by atoms with E-state index in [1.807, 2.05) is 6.92 Å². The maximum atomic E-state index is 13.7. The van der Waals surface area contributed by atoms with Crippen LogP contribution in [0.3, 0.4) is 0 Å². The SMILES string of the molecule is CCCN(CC(C)Oc1cc(C)c(OCC(=O)O)c(C)c1)S(=O)(=O)c1sc2ccc(F)cc2c1C. The lowest BCUT2D eigenvalue weighted by atomic mass is 10.1. The van der Waals surface area contributed by atoms with E-state index in [0.717, 1.165) is 27.2 Å². The largest absolute Gasteiger partial charge is 0.489 e. The molecule has 1 atom stereocenters. The highest BCUT2D eigenvalue weighted by Crippen LogP contribution is 2.36. The van der Waals surface area contributed by atoms with Crippen LogP contribution < -0.4 is 9.47 Å². The fourth-order valence-electron chi connectivity index (χ4n) is 3.99. The van der Waals surface area contributed by atoms with Crippen molar-refractivity contribution in [3.63, 3.8) is 0 Å². The number of carboxylic acid groups (broad SMARTS) is 1. The first-order chi connectivity index (χ1) is 16.4. The second kappa shape index (κ2) is 10.9. The Morgan fingerprint density at radius 1 is 1.17 bits per heavy atom. The standard InChI is InChI=1S/C25H30FNO6S2/c1-6-9-27(35(30,31)25-18(5)21-12-19(26)7-8-22(21)34-25)13-17(4)33-20-10-15(2)24(16(3)11-20)32-14-23(28)29/h7-8,10-12,17H,6,9,13-14H2,1-5H3,(H,28,29). The maximum Gasteiger partial charge on any atom is 0.341 e. The van der Waals surface area contributed by atoms with Crippen LogP contribution in [-0.2, 0) is 14.8 Å². The van der Waals surface area contributed by atoms with Gasteiger partial charge in [0.25, 0.3) is 10.0 Å². The Balaban J connectivity index is 1.82. The summed E-state index contributed by atoms with van der Waals surface area (Å²) in [6.07, 6.45) is 0.159. The molecule has 0 saturated carbocycles. The average Bonchev–Trinajstić information content (AvgIpc) is 3.09. The highest BCUT2D eigenvalue weighted by Gasteiger charge is 2.30. The molecule has 0 aliphatic heterocycles. The Bertz CT molecular complexity index is 1310. The molecule has 190 valence electrons. The number of benzene rings is 2. The highest BCUT2D eigenvalue weighted by atomic mass is 32.2. The topological polar surface area (TPSA) is 93.1 Å². The Labute approximate surface area is 209 Å². The molecule has 1 unspecified atom stereocenters. The molecule has 2 aromatic carbocycles. The van der Waals surface area contributed by atoms with Crippen molar-refractivity contribution in [2.24, 2.45) is 0 Å². The van der Waals surface area contributed by atoms with Crippen molar-refractivity contribution in [1.29, 1.82) is 0 Å². The molecule has 1 heterocycles. The fourth-order valence-corrected chi connectivity index (χ4v) is 7.48. The Hall–Kier alpha value is -2.69. The zero-order valence-electron chi connectivity index (χ0n) is 20.4. The third-order valence-electron chi connectivity index (χ3n) is 5.47. The summed E-state index contributed by atoms with van der Waals surface area (Å²) in [6.45, 7) is 9.01. The first-order valence-corrected chi connectivity index (χ1v) is 13.5. The molecule has 0 aliphatic carbocycles. The van der Waals surface area contributed by atoms with Gasteiger partial charge < -0.3 is 14.6 Å². The third-order valence-corrected chi connectivity index (χ3v) is 9.21. The van der Waals surface area contributed by atoms with Crippen molar-refractivity contribution in [2.45, 2.75) is 51.4 Å². The Morgan fingerprint density at radius 3 is 2.43 bits per heavy atom. The van der Waals surface area contributed by atoms with Crippen molar-refractivity contribution in [1.82, 2.24) is 4.31 Å². The smallest absolute Gasteiger partial charge is 0.341 e. The van der Waals surface area contributed by atoms with Gasteiger partial charge in [-0.2, -0.15) is 4.31 Å². The lowest BCUT2D eigenvalue weighted by Gasteiger charge is -2.25. The highest BCUT2D eigenvalue weighted by molar-refractivity contribution is 7.91. The molecule has 1 N–H and O–H groups in total. The number of carboxylic acids is 1. The van der Waals surface area contributed by atoms with Crippen LogP contribution in [0.15, 0.2) is 34.5 Å². The summed E-state index contributed by atoms with van der Waals surface area (Å²) >= 11 is 1.14. The summed E-state index contributed by atoms with van der Waals surface area (Å²) < 4.78 is 54.7. The van der Waals surface area contributed by atoms with Gasteiger partial charge in [-0.05, 0) is 86.5 Å². The number of hydrogen-bond acceptors (Lipinski definition) is 6. The predicted molar refractivity (Wildman–Crippen MR) is 135 cm³/mol. The minimum Gasteiger partial charge on any atom is -0.489 e. The van der Waals surface area contributed by atoms with E-state index in [9.17, 15) is 17.6 Å². The zero-order valence-corrected chi connectivity index (χ0v) is 22.1. The molecule has 0 saturated heterocycles. The van der Waals surface area contributed by atoms with Gasteiger partial charge in [-0.15, -0.1) is 11.3 Å². The van der Waals surface area contributed by atoms with Gasteiger partial charge in [-0.25, -0.2) is 17.6 Å². The number of carbonyl (C=O) groups is 1. The van der Waals surface area contributed by atoms with Crippen molar-refractivity contribution in [2.75, 3.05) is 19.7 Å². The number of halogens is 1. The van der Waals surface area contributed by atoms with Gasteiger partial charge in [0.05, 0.1) is 6.54 Å². The van der Waals surface area contributed by atoms with E-state index in [1.165, 1.54) is 16.4 Å². The number of nitrogens with zero attached hydrogens (tertiary/aromatic N) is 1. The van der Waals surface area contributed by atoms with Crippen LogP contribution in [0.5, 0.6) is 11.5 Å². The van der Waals surface area contributed by atoms with Gasteiger partial charge in [0, 0.05) is 11.2 Å². The second-order valence-corrected chi connectivity index (χ2v) is 11.7. The molecule has 3 aromatic rings. The van der Waals surface area contributed by atoms with Crippen LogP contribution in [0.25, 0.3) is 10.1 Å². The van der Waals surface area contributed by atoms with Gasteiger partial charge in [0.1, 0.15) is 27.6 Å². The van der Waals surface area contributed by atoms with Gasteiger partial charge in [0.2, 0.25) is 0 Å². The number of hydrogen-bond donors (Lipinski definition) is 1. The number of sulfonamides is 1. The lowest BCUT2D eigenvalue weighted by Crippen LogP contribution is -2.39. The molecule has 0 aliphatic rings. The molecule has 7 nitrogen and oxygen atoms in total. The quantitative estimate of drug-likeness (QED) is 0.367. The van der Waals surface area contributed by atoms with Gasteiger partial charge >= 0.3 is 5.97 Å². The number of rotatable bonds is 11. The molecule has 35 heavy (non-hydrogen) atoms. The predicted octanol–water partition coefficient (Wildman–Crippen LogP) is 5.30. The van der Waals surface area contributed by atoms with E-state index >= 15 is 0 Å². The number of aryl methyl sites for hydroxylation is 3. The molecule has 0 spiro atoms. The molecule has 0 fully saturated rings. The molecular formula is C25H30FNO6S2. The fraction of sp³-hybridized carbons (Fsp3) is 0.400. The molecule has 3 rings (SSSR count). The van der Waals surface area contributed by atoms with E-state index in [-0.39, 0.29) is 10.8 Å². The Kier molecular flexibility index (Phi) is 8.40. The van der Waals surface area contributed by atoms with Crippen molar-refractivity contribution < 1.29 is 32.2 Å². The van der Waals surface area contributed by atoms with Crippen LogP contribution in [0.2, 0.25) is 0 Å². The maximum absolute atomic E-state index is 13.7. The molecule has 0 bridgehead atoms. The lowest BCUT2D eigenvalue weighted by molar-refractivity contribution is -0.139. The van der Waals surface area contributed by atoms with Gasteiger partial charge in [-0.3, -0.25) is 0 Å². The van der Waals surface area contributed by atoms with E-state index in [1.54, 1.807) is 45.9 Å². The summed E-state index contributed by atoms with van der Waals surface area (Å²) in [5, 5.41) is 9.46. The Morgan fingerprint density at radius 2 is 1.83 bits per heavy atom. The van der Waals surface area contributed by atoms with E-state index in [2.05, 4.69) is 0 Å². The molecule has 10 heteroatoms. The summed E-state index contributed by atoms with van der Waals surface area (Å²) in [4.78, 5) is 10.8. The number of thiophene rings is 1. The van der Waals surface area contributed by atoms with E-state index < -0.39 is 34.5 Å². The minimum atomic E-state index is -3.82. The number of ether oxygens (including phenoxy) is 2. The normalized spacial score (nSPS) is 12.8. The molecule has 1 aromatic heterocycles. The molecule has 0 radical (unpaired) electrons. The van der Waals surface area contributed by atoms with E-state index in [4.69, 9.17) is 14.6 Å². The monoisotopic (exact) mass is 523 g/mol. The minimum absolute atomic E-state index is 0.133. The van der Waals surface area contributed by atoms with Crippen molar-refractivity contribution >= 4 is 37.4 Å². The summed E-state index contributed by atoms with van der Waals surface area (Å²) in [5.41, 5.74) is 1.99. The van der Waals surface area contributed by atoms with Crippen LogP contribution in [0.1, 0.15) is 37.0 Å².